The minimum atomic E-state index is -2.89. The quantitative estimate of drug-likeness (QED) is 0.302. The molecule has 3 rings (SSSR count). The van der Waals surface area contributed by atoms with Gasteiger partial charge in [0.1, 0.15) is 11.6 Å². The van der Waals surface area contributed by atoms with Gasteiger partial charge in [0, 0.05) is 38.8 Å². The number of nitrogens with one attached hydrogen (secondary N) is 2. The van der Waals surface area contributed by atoms with Crippen LogP contribution < -0.4 is 20.3 Å². The van der Waals surface area contributed by atoms with E-state index in [0.717, 1.165) is 11.1 Å². The van der Waals surface area contributed by atoms with Gasteiger partial charge in [-0.25, -0.2) is 4.39 Å². The van der Waals surface area contributed by atoms with Crippen LogP contribution in [0.25, 0.3) is 0 Å². The molecule has 0 spiro atoms. The van der Waals surface area contributed by atoms with Crippen molar-refractivity contribution in [1.82, 2.24) is 10.6 Å². The van der Waals surface area contributed by atoms with Crippen LogP contribution in [0.2, 0.25) is 0 Å². The molecule has 2 N–H and O–H groups in total. The third-order valence-corrected chi connectivity index (χ3v) is 4.93. The second-order valence-electron chi connectivity index (χ2n) is 7.15. The fourth-order valence-corrected chi connectivity index (χ4v) is 3.36. The number of guanidine groups is 1. The maximum Gasteiger partial charge on any atom is 0.387 e. The Kier molecular flexibility index (Phi) is 10.4. The Balaban J connectivity index is 0.00000363. The number of aliphatic imine (C=N–C) groups is 1. The van der Waals surface area contributed by atoms with Crippen LogP contribution >= 0.6 is 24.0 Å². The lowest BCUT2D eigenvalue weighted by Gasteiger charge is -2.29. The molecule has 1 fully saturated rings. The smallest absolute Gasteiger partial charge is 0.387 e. The first-order chi connectivity index (χ1) is 15.0. The second kappa shape index (κ2) is 12.7. The topological polar surface area (TPSA) is 58.1 Å². The molecule has 0 saturated carbocycles. The molecule has 2 aromatic rings. The lowest BCUT2D eigenvalue weighted by molar-refractivity contribution is -0.0504. The monoisotopic (exact) mass is 564 g/mol. The number of hydrogen-bond acceptors (Lipinski definition) is 4. The van der Waals surface area contributed by atoms with E-state index < -0.39 is 6.61 Å². The van der Waals surface area contributed by atoms with Crippen molar-refractivity contribution in [3.05, 3.63) is 58.9 Å². The molecule has 0 amide bonds. The summed E-state index contributed by atoms with van der Waals surface area (Å²) < 4.78 is 49.7. The van der Waals surface area contributed by atoms with Gasteiger partial charge in [-0.3, -0.25) is 4.99 Å². The summed E-state index contributed by atoms with van der Waals surface area (Å²) in [5.41, 5.74) is 2.84. The van der Waals surface area contributed by atoms with Gasteiger partial charge in [0.25, 0.3) is 0 Å². The lowest BCUT2D eigenvalue weighted by atomic mass is 10.1. The van der Waals surface area contributed by atoms with Crippen LogP contribution in [0.3, 0.4) is 0 Å². The molecular weight excluding hydrogens is 536 g/mol. The molecule has 1 saturated heterocycles. The molecule has 1 heterocycles. The number of hydrogen-bond donors (Lipinski definition) is 2. The normalized spacial score (nSPS) is 14.2. The molecule has 10 heteroatoms. The van der Waals surface area contributed by atoms with Crippen molar-refractivity contribution in [2.24, 2.45) is 4.99 Å². The van der Waals surface area contributed by atoms with Gasteiger partial charge in [-0.2, -0.15) is 8.78 Å². The first kappa shape index (κ1) is 26.0. The molecule has 6 nitrogen and oxygen atoms in total. The summed E-state index contributed by atoms with van der Waals surface area (Å²) in [5, 5.41) is 6.18. The third-order valence-electron chi connectivity index (χ3n) is 4.93. The number of aryl methyl sites for hydroxylation is 1. The molecule has 32 heavy (non-hydrogen) atoms. The molecule has 1 aliphatic rings. The number of ether oxygens (including phenoxy) is 2. The number of anilines is 1. The van der Waals surface area contributed by atoms with Crippen molar-refractivity contribution in [3.8, 4) is 5.75 Å². The van der Waals surface area contributed by atoms with Crippen molar-refractivity contribution in [1.29, 1.82) is 0 Å². The molecule has 176 valence electrons. The van der Waals surface area contributed by atoms with Crippen LogP contribution in [0.4, 0.5) is 18.9 Å². The molecule has 0 aliphatic carbocycles. The van der Waals surface area contributed by atoms with Gasteiger partial charge in [-0.1, -0.05) is 23.8 Å². The number of halogens is 4. The summed E-state index contributed by atoms with van der Waals surface area (Å²) >= 11 is 0. The molecular formula is C22H28F3IN4O2. The Bertz CT molecular complexity index is 909. The van der Waals surface area contributed by atoms with Gasteiger partial charge < -0.3 is 25.0 Å². The van der Waals surface area contributed by atoms with Gasteiger partial charge in [0.15, 0.2) is 5.96 Å². The highest BCUT2D eigenvalue weighted by Gasteiger charge is 2.15. The molecule has 1 aliphatic heterocycles. The van der Waals surface area contributed by atoms with Gasteiger partial charge in [-0.05, 0) is 30.7 Å². The van der Waals surface area contributed by atoms with E-state index in [0.29, 0.717) is 50.1 Å². The lowest BCUT2D eigenvalue weighted by Crippen LogP contribution is -2.37. The average Bonchev–Trinajstić information content (AvgIpc) is 2.76. The zero-order chi connectivity index (χ0) is 22.2. The maximum absolute atomic E-state index is 14.6. The molecule has 0 bridgehead atoms. The average molecular weight is 564 g/mol. The number of alkyl halides is 2. The van der Waals surface area contributed by atoms with Crippen LogP contribution in [0, 0.1) is 12.7 Å². The molecule has 0 atom stereocenters. The van der Waals surface area contributed by atoms with E-state index in [9.17, 15) is 13.2 Å². The van der Waals surface area contributed by atoms with Crippen LogP contribution in [0.15, 0.2) is 41.4 Å². The number of morpholine rings is 1. The SMILES string of the molecule is CN=C(NCc1ccc(N2CCOCC2)c(F)c1)NCc1cc(C)ccc1OC(F)F.I. The Morgan fingerprint density at radius 1 is 1.12 bits per heavy atom. The predicted molar refractivity (Wildman–Crippen MR) is 130 cm³/mol. The van der Waals surface area contributed by atoms with Crippen LogP contribution in [-0.2, 0) is 17.8 Å². The van der Waals surface area contributed by atoms with E-state index >= 15 is 0 Å². The van der Waals surface area contributed by atoms with E-state index in [1.54, 1.807) is 25.2 Å². The van der Waals surface area contributed by atoms with Crippen molar-refractivity contribution in [3.63, 3.8) is 0 Å². The number of benzene rings is 2. The standard InChI is InChI=1S/C22H27F3N4O2.HI/c1-15-3-6-20(31-21(24)25)17(11-15)14-28-22(26-2)27-13-16-4-5-19(18(23)12-16)29-7-9-30-10-8-29;/h3-6,11-12,21H,7-10,13-14H2,1-2H3,(H2,26,27,28);1H. The van der Waals surface area contributed by atoms with Crippen LogP contribution in [0.1, 0.15) is 16.7 Å². The largest absolute Gasteiger partial charge is 0.434 e. The first-order valence-corrected chi connectivity index (χ1v) is 10.1. The molecule has 2 aromatic carbocycles. The number of nitrogens with zero attached hydrogens (tertiary/aromatic N) is 2. The third kappa shape index (κ3) is 7.44. The zero-order valence-corrected chi connectivity index (χ0v) is 20.4. The van der Waals surface area contributed by atoms with E-state index in [-0.39, 0.29) is 42.1 Å². The minimum Gasteiger partial charge on any atom is -0.434 e. The van der Waals surface area contributed by atoms with E-state index in [4.69, 9.17) is 4.74 Å². The fraction of sp³-hybridized carbons (Fsp3) is 0.409. The Morgan fingerprint density at radius 2 is 1.84 bits per heavy atom. The van der Waals surface area contributed by atoms with Gasteiger partial charge >= 0.3 is 6.61 Å². The van der Waals surface area contributed by atoms with Gasteiger partial charge in [0.2, 0.25) is 0 Å². The molecule has 0 radical (unpaired) electrons. The van der Waals surface area contributed by atoms with E-state index in [2.05, 4.69) is 20.4 Å². The number of rotatable bonds is 7. The summed E-state index contributed by atoms with van der Waals surface area (Å²) in [7, 11) is 1.60. The fourth-order valence-electron chi connectivity index (χ4n) is 3.36. The summed E-state index contributed by atoms with van der Waals surface area (Å²) in [6.07, 6.45) is 0. The zero-order valence-electron chi connectivity index (χ0n) is 18.0. The maximum atomic E-state index is 14.6. The summed E-state index contributed by atoms with van der Waals surface area (Å²) in [6, 6.07) is 10.1. The highest BCUT2D eigenvalue weighted by molar-refractivity contribution is 14.0. The highest BCUT2D eigenvalue weighted by Crippen LogP contribution is 2.23. The van der Waals surface area contributed by atoms with E-state index in [1.807, 2.05) is 17.9 Å². The minimum absolute atomic E-state index is 0. The van der Waals surface area contributed by atoms with Crippen molar-refractivity contribution < 1.29 is 22.6 Å². The van der Waals surface area contributed by atoms with Crippen LogP contribution in [-0.4, -0.2) is 45.9 Å². The Hall–Kier alpha value is -2.21. The van der Waals surface area contributed by atoms with Crippen LogP contribution in [0.5, 0.6) is 5.75 Å². The predicted octanol–water partition coefficient (Wildman–Crippen LogP) is 4.06. The Labute approximate surface area is 203 Å². The first-order valence-electron chi connectivity index (χ1n) is 10.1. The molecule has 0 aromatic heterocycles. The van der Waals surface area contributed by atoms with E-state index in [1.165, 1.54) is 12.1 Å². The molecule has 0 unspecified atom stereocenters. The summed E-state index contributed by atoms with van der Waals surface area (Å²) in [5.74, 6) is 0.296. The van der Waals surface area contributed by atoms with Gasteiger partial charge in [0.05, 0.1) is 18.9 Å². The summed E-state index contributed by atoms with van der Waals surface area (Å²) in [6.45, 7) is 2.10. The Morgan fingerprint density at radius 3 is 2.50 bits per heavy atom. The van der Waals surface area contributed by atoms with Gasteiger partial charge in [-0.15, -0.1) is 24.0 Å². The van der Waals surface area contributed by atoms with Crippen molar-refractivity contribution >= 4 is 35.6 Å². The van der Waals surface area contributed by atoms with Crippen molar-refractivity contribution in [2.45, 2.75) is 26.6 Å². The highest BCUT2D eigenvalue weighted by atomic mass is 127. The second-order valence-corrected chi connectivity index (χ2v) is 7.15. The van der Waals surface area contributed by atoms with Crippen molar-refractivity contribution in [2.75, 3.05) is 38.3 Å². The summed E-state index contributed by atoms with van der Waals surface area (Å²) in [4.78, 5) is 6.10.